The largest absolute Gasteiger partial charge is 0.465 e. The number of hydrogen-bond donors (Lipinski definition) is 1. The second-order valence-electron chi connectivity index (χ2n) is 5.78. The van der Waals surface area contributed by atoms with Gasteiger partial charge in [0.25, 0.3) is 0 Å². The summed E-state index contributed by atoms with van der Waals surface area (Å²) >= 11 is 1.72. The van der Waals surface area contributed by atoms with Crippen LogP contribution in [0.5, 0.6) is 0 Å². The smallest absolute Gasteiger partial charge is 0.326 e. The molecule has 4 heteroatoms. The summed E-state index contributed by atoms with van der Waals surface area (Å²) in [6.45, 7) is 7.49. The third-order valence-electron chi connectivity index (χ3n) is 4.66. The van der Waals surface area contributed by atoms with Gasteiger partial charge >= 0.3 is 5.97 Å². The maximum atomic E-state index is 12.6. The first kappa shape index (κ1) is 15.5. The van der Waals surface area contributed by atoms with E-state index in [1.165, 1.54) is 11.3 Å². The van der Waals surface area contributed by atoms with Gasteiger partial charge in [-0.15, -0.1) is 11.3 Å². The Morgan fingerprint density at radius 3 is 3.00 bits per heavy atom. The van der Waals surface area contributed by atoms with Crippen molar-refractivity contribution in [1.82, 2.24) is 5.32 Å². The molecule has 0 aliphatic heterocycles. The summed E-state index contributed by atoms with van der Waals surface area (Å²) in [7, 11) is 0. The average Bonchev–Trinajstić information content (AvgIpc) is 2.94. The number of hydrogen-bond acceptors (Lipinski definition) is 4. The number of thiophene rings is 1. The van der Waals surface area contributed by atoms with Crippen LogP contribution in [0.3, 0.4) is 0 Å². The summed E-state index contributed by atoms with van der Waals surface area (Å²) in [6, 6.07) is 4.15. The molecule has 3 nitrogen and oxygen atoms in total. The van der Waals surface area contributed by atoms with Crippen molar-refractivity contribution < 1.29 is 9.53 Å². The van der Waals surface area contributed by atoms with Crippen LogP contribution in [-0.2, 0) is 16.1 Å². The Morgan fingerprint density at radius 1 is 1.55 bits per heavy atom. The van der Waals surface area contributed by atoms with Crippen molar-refractivity contribution in [2.24, 2.45) is 11.8 Å². The topological polar surface area (TPSA) is 38.3 Å². The van der Waals surface area contributed by atoms with Crippen molar-refractivity contribution in [2.75, 3.05) is 6.61 Å². The molecular weight excluding hydrogens is 270 g/mol. The minimum Gasteiger partial charge on any atom is -0.465 e. The van der Waals surface area contributed by atoms with Crippen molar-refractivity contribution in [2.45, 2.75) is 52.1 Å². The van der Waals surface area contributed by atoms with Gasteiger partial charge in [-0.3, -0.25) is 10.1 Å². The number of rotatable bonds is 5. The fourth-order valence-electron chi connectivity index (χ4n) is 3.19. The number of carbonyl (C=O) groups excluding carboxylic acids is 1. The highest BCUT2D eigenvalue weighted by Gasteiger charge is 2.48. The Labute approximate surface area is 125 Å². The van der Waals surface area contributed by atoms with Gasteiger partial charge in [0, 0.05) is 11.4 Å². The van der Waals surface area contributed by atoms with Gasteiger partial charge in [-0.1, -0.05) is 32.8 Å². The van der Waals surface area contributed by atoms with E-state index in [1.54, 1.807) is 11.3 Å². The molecule has 2 rings (SSSR count). The lowest BCUT2D eigenvalue weighted by Gasteiger charge is -2.44. The van der Waals surface area contributed by atoms with Crippen LogP contribution < -0.4 is 5.32 Å². The minimum absolute atomic E-state index is 0.0735. The van der Waals surface area contributed by atoms with Crippen LogP contribution in [0, 0.1) is 11.8 Å². The molecule has 1 aliphatic rings. The van der Waals surface area contributed by atoms with E-state index in [0.717, 1.165) is 19.4 Å². The van der Waals surface area contributed by atoms with E-state index in [9.17, 15) is 4.79 Å². The summed E-state index contributed by atoms with van der Waals surface area (Å²) in [5.41, 5.74) is -0.516. The average molecular weight is 295 g/mol. The molecule has 1 heterocycles. The molecule has 1 fully saturated rings. The molecule has 0 bridgehead atoms. The fourth-order valence-corrected chi connectivity index (χ4v) is 3.84. The summed E-state index contributed by atoms with van der Waals surface area (Å²) in [5.74, 6) is 0.773. The molecule has 1 saturated carbocycles. The van der Waals surface area contributed by atoms with Crippen LogP contribution in [0.4, 0.5) is 0 Å². The third kappa shape index (κ3) is 3.07. The third-order valence-corrected chi connectivity index (χ3v) is 5.54. The van der Waals surface area contributed by atoms with Gasteiger partial charge in [-0.25, -0.2) is 0 Å². The molecule has 0 amide bonds. The van der Waals surface area contributed by atoms with E-state index in [1.807, 2.05) is 13.0 Å². The van der Waals surface area contributed by atoms with Crippen LogP contribution >= 0.6 is 11.3 Å². The Hall–Kier alpha value is -0.870. The van der Waals surface area contributed by atoms with E-state index in [4.69, 9.17) is 4.74 Å². The van der Waals surface area contributed by atoms with Crippen LogP contribution in [0.2, 0.25) is 0 Å². The van der Waals surface area contributed by atoms with Gasteiger partial charge in [0.05, 0.1) is 6.61 Å². The van der Waals surface area contributed by atoms with Crippen molar-refractivity contribution in [3.8, 4) is 0 Å². The zero-order chi connectivity index (χ0) is 14.6. The van der Waals surface area contributed by atoms with Crippen molar-refractivity contribution in [3.63, 3.8) is 0 Å². The van der Waals surface area contributed by atoms with Crippen LogP contribution in [0.1, 0.15) is 44.9 Å². The maximum Gasteiger partial charge on any atom is 0.326 e. The van der Waals surface area contributed by atoms with Crippen LogP contribution in [-0.4, -0.2) is 18.1 Å². The zero-order valence-electron chi connectivity index (χ0n) is 12.6. The Balaban J connectivity index is 2.16. The molecule has 0 aromatic carbocycles. The first-order valence-electron chi connectivity index (χ1n) is 7.54. The normalized spacial score (nSPS) is 30.1. The summed E-state index contributed by atoms with van der Waals surface area (Å²) in [6.07, 6.45) is 3.16. The van der Waals surface area contributed by atoms with Gasteiger partial charge in [0.1, 0.15) is 5.54 Å². The SMILES string of the molecule is CCOC(=O)C1(NCc2cccs2)CCCC(C)C1C. The van der Waals surface area contributed by atoms with Crippen molar-refractivity contribution in [3.05, 3.63) is 22.4 Å². The Bertz CT molecular complexity index is 432. The quantitative estimate of drug-likeness (QED) is 0.844. The van der Waals surface area contributed by atoms with E-state index in [-0.39, 0.29) is 5.97 Å². The molecule has 20 heavy (non-hydrogen) atoms. The van der Waals surface area contributed by atoms with E-state index >= 15 is 0 Å². The Kier molecular flexibility index (Phi) is 5.22. The monoisotopic (exact) mass is 295 g/mol. The number of carbonyl (C=O) groups is 1. The molecule has 1 aromatic rings. The predicted octanol–water partition coefficient (Wildman–Crippen LogP) is 3.60. The number of esters is 1. The highest BCUT2D eigenvalue weighted by molar-refractivity contribution is 7.09. The summed E-state index contributed by atoms with van der Waals surface area (Å²) in [5, 5.41) is 5.61. The van der Waals surface area contributed by atoms with Crippen LogP contribution in [0.15, 0.2) is 17.5 Å². The first-order valence-corrected chi connectivity index (χ1v) is 8.42. The molecule has 0 spiro atoms. The lowest BCUT2D eigenvalue weighted by Crippen LogP contribution is -2.60. The predicted molar refractivity (Wildman–Crippen MR) is 82.7 cm³/mol. The van der Waals surface area contributed by atoms with Crippen molar-refractivity contribution >= 4 is 17.3 Å². The summed E-state index contributed by atoms with van der Waals surface area (Å²) < 4.78 is 5.38. The van der Waals surface area contributed by atoms with E-state index in [0.29, 0.717) is 18.4 Å². The second-order valence-corrected chi connectivity index (χ2v) is 6.82. The Morgan fingerprint density at radius 2 is 2.35 bits per heavy atom. The molecule has 1 aromatic heterocycles. The molecule has 0 radical (unpaired) electrons. The zero-order valence-corrected chi connectivity index (χ0v) is 13.5. The van der Waals surface area contributed by atoms with Gasteiger partial charge in [-0.05, 0) is 36.6 Å². The number of ether oxygens (including phenoxy) is 1. The van der Waals surface area contributed by atoms with Gasteiger partial charge < -0.3 is 4.74 Å². The van der Waals surface area contributed by atoms with E-state index < -0.39 is 5.54 Å². The highest BCUT2D eigenvalue weighted by atomic mass is 32.1. The molecule has 3 unspecified atom stereocenters. The van der Waals surface area contributed by atoms with Gasteiger partial charge in [-0.2, -0.15) is 0 Å². The molecule has 3 atom stereocenters. The lowest BCUT2D eigenvalue weighted by atomic mass is 9.68. The molecule has 1 aliphatic carbocycles. The second kappa shape index (κ2) is 6.72. The van der Waals surface area contributed by atoms with Gasteiger partial charge in [0.2, 0.25) is 0 Å². The molecule has 0 saturated heterocycles. The maximum absolute atomic E-state index is 12.6. The molecular formula is C16H25NO2S. The summed E-state index contributed by atoms with van der Waals surface area (Å²) in [4.78, 5) is 13.8. The number of nitrogens with one attached hydrogen (secondary N) is 1. The van der Waals surface area contributed by atoms with Crippen LogP contribution in [0.25, 0.3) is 0 Å². The standard InChI is InChI=1S/C16H25NO2S/c1-4-19-15(18)16(9-5-7-12(2)13(16)3)17-11-14-8-6-10-20-14/h6,8,10,12-13,17H,4-5,7,9,11H2,1-3H3. The first-order chi connectivity index (χ1) is 9.60. The molecule has 1 N–H and O–H groups in total. The minimum atomic E-state index is -0.516. The van der Waals surface area contributed by atoms with E-state index in [2.05, 4.69) is 30.6 Å². The van der Waals surface area contributed by atoms with Gasteiger partial charge in [0.15, 0.2) is 0 Å². The fraction of sp³-hybridized carbons (Fsp3) is 0.688. The lowest BCUT2D eigenvalue weighted by molar-refractivity contribution is -0.157. The highest BCUT2D eigenvalue weighted by Crippen LogP contribution is 2.39. The van der Waals surface area contributed by atoms with Crippen molar-refractivity contribution in [1.29, 1.82) is 0 Å². The molecule has 112 valence electrons.